The van der Waals surface area contributed by atoms with Gasteiger partial charge in [-0.2, -0.15) is 0 Å². The predicted octanol–water partition coefficient (Wildman–Crippen LogP) is 1.30. The molecule has 0 aliphatic rings. The van der Waals surface area contributed by atoms with Crippen molar-refractivity contribution in [3.05, 3.63) is 23.8 Å². The second-order valence-electron chi connectivity index (χ2n) is 3.56. The van der Waals surface area contributed by atoms with E-state index >= 15 is 0 Å². The highest BCUT2D eigenvalue weighted by molar-refractivity contribution is 7.89. The molecule has 0 amide bonds. The first kappa shape index (κ1) is 13.6. The lowest BCUT2D eigenvalue weighted by Crippen LogP contribution is -2.14. The highest BCUT2D eigenvalue weighted by Crippen LogP contribution is 2.22. The quantitative estimate of drug-likeness (QED) is 0.804. The summed E-state index contributed by atoms with van der Waals surface area (Å²) in [6.07, 6.45) is 6.53. The molecule has 1 aromatic rings. The summed E-state index contributed by atoms with van der Waals surface area (Å²) in [6, 6.07) is 4.67. The van der Waals surface area contributed by atoms with Crippen LogP contribution in [-0.2, 0) is 16.4 Å². The Labute approximate surface area is 102 Å². The zero-order valence-corrected chi connectivity index (χ0v) is 10.5. The van der Waals surface area contributed by atoms with E-state index in [-0.39, 0.29) is 11.5 Å². The number of terminal acetylenes is 1. The van der Waals surface area contributed by atoms with E-state index in [4.69, 9.17) is 16.3 Å². The lowest BCUT2D eigenvalue weighted by molar-refractivity contribution is 0.369. The van der Waals surface area contributed by atoms with E-state index in [0.717, 1.165) is 6.42 Å². The minimum atomic E-state index is -3.69. The van der Waals surface area contributed by atoms with Crippen molar-refractivity contribution in [1.82, 2.24) is 0 Å². The molecule has 0 radical (unpaired) electrons. The molecule has 2 N–H and O–H groups in total. The number of nitrogens with two attached hydrogens (primary N) is 1. The summed E-state index contributed by atoms with van der Waals surface area (Å²) < 4.78 is 28.0. The molecule has 5 heteroatoms. The van der Waals surface area contributed by atoms with Crippen molar-refractivity contribution in [2.24, 2.45) is 5.14 Å². The summed E-state index contributed by atoms with van der Waals surface area (Å²) >= 11 is 0. The van der Waals surface area contributed by atoms with Crippen molar-refractivity contribution >= 4 is 10.0 Å². The molecular formula is C12H15NO3S. The summed E-state index contributed by atoms with van der Waals surface area (Å²) in [4.78, 5) is 0.146. The molecule has 0 spiro atoms. The average molecular weight is 253 g/mol. The molecule has 0 bridgehead atoms. The van der Waals surface area contributed by atoms with Gasteiger partial charge in [0.25, 0.3) is 0 Å². The van der Waals surface area contributed by atoms with Crippen LogP contribution in [0.2, 0.25) is 0 Å². The van der Waals surface area contributed by atoms with Gasteiger partial charge < -0.3 is 4.74 Å². The number of primary sulfonamides is 1. The van der Waals surface area contributed by atoms with E-state index in [9.17, 15) is 8.42 Å². The lowest BCUT2D eigenvalue weighted by Gasteiger charge is -2.09. The SMILES string of the molecule is C#CCOc1ccc(S(N)(=O)=O)c(CCC)c1. The van der Waals surface area contributed by atoms with Crippen molar-refractivity contribution in [3.8, 4) is 18.1 Å². The third-order valence-electron chi connectivity index (χ3n) is 2.18. The van der Waals surface area contributed by atoms with Gasteiger partial charge in [0.1, 0.15) is 12.4 Å². The zero-order valence-electron chi connectivity index (χ0n) is 9.64. The fourth-order valence-electron chi connectivity index (χ4n) is 1.51. The Morgan fingerprint density at radius 1 is 1.47 bits per heavy atom. The van der Waals surface area contributed by atoms with E-state index < -0.39 is 10.0 Å². The lowest BCUT2D eigenvalue weighted by atomic mass is 10.1. The number of hydrogen-bond acceptors (Lipinski definition) is 3. The maximum Gasteiger partial charge on any atom is 0.238 e. The molecule has 4 nitrogen and oxygen atoms in total. The highest BCUT2D eigenvalue weighted by atomic mass is 32.2. The van der Waals surface area contributed by atoms with Gasteiger partial charge in [0, 0.05) is 0 Å². The molecule has 0 saturated carbocycles. The number of benzene rings is 1. The van der Waals surface area contributed by atoms with Gasteiger partial charge in [0.05, 0.1) is 4.90 Å². The van der Waals surface area contributed by atoms with Crippen LogP contribution in [0, 0.1) is 12.3 Å². The summed E-state index contributed by atoms with van der Waals surface area (Å²) in [7, 11) is -3.69. The number of aryl methyl sites for hydroxylation is 1. The largest absolute Gasteiger partial charge is 0.481 e. The highest BCUT2D eigenvalue weighted by Gasteiger charge is 2.14. The molecule has 17 heavy (non-hydrogen) atoms. The minimum absolute atomic E-state index is 0.146. The Kier molecular flexibility index (Phi) is 4.55. The maximum atomic E-state index is 11.4. The van der Waals surface area contributed by atoms with Gasteiger partial charge in [-0.15, -0.1) is 6.42 Å². The fraction of sp³-hybridized carbons (Fsp3) is 0.333. The van der Waals surface area contributed by atoms with E-state index in [2.05, 4.69) is 5.92 Å². The van der Waals surface area contributed by atoms with Crippen LogP contribution in [0.1, 0.15) is 18.9 Å². The van der Waals surface area contributed by atoms with Crippen molar-refractivity contribution in [1.29, 1.82) is 0 Å². The maximum absolute atomic E-state index is 11.4. The van der Waals surface area contributed by atoms with Gasteiger partial charge in [-0.05, 0) is 30.2 Å². The van der Waals surface area contributed by atoms with Crippen LogP contribution in [-0.4, -0.2) is 15.0 Å². The van der Waals surface area contributed by atoms with Crippen LogP contribution in [0.5, 0.6) is 5.75 Å². The Morgan fingerprint density at radius 3 is 2.71 bits per heavy atom. The Morgan fingerprint density at radius 2 is 2.18 bits per heavy atom. The Hall–Kier alpha value is -1.51. The van der Waals surface area contributed by atoms with Gasteiger partial charge in [-0.3, -0.25) is 0 Å². The van der Waals surface area contributed by atoms with E-state index in [0.29, 0.717) is 17.7 Å². The van der Waals surface area contributed by atoms with Crippen LogP contribution in [0.4, 0.5) is 0 Å². The van der Waals surface area contributed by atoms with E-state index in [1.165, 1.54) is 6.07 Å². The van der Waals surface area contributed by atoms with Crippen molar-refractivity contribution in [3.63, 3.8) is 0 Å². The molecule has 0 saturated heterocycles. The van der Waals surface area contributed by atoms with Crippen LogP contribution in [0.3, 0.4) is 0 Å². The third-order valence-corrected chi connectivity index (χ3v) is 3.19. The molecule has 92 valence electrons. The fourth-order valence-corrected chi connectivity index (χ4v) is 2.30. The topological polar surface area (TPSA) is 69.4 Å². The second-order valence-corrected chi connectivity index (χ2v) is 5.09. The minimum Gasteiger partial charge on any atom is -0.481 e. The molecule has 1 aromatic carbocycles. The first-order chi connectivity index (χ1) is 7.99. The number of sulfonamides is 1. The molecule has 0 aromatic heterocycles. The second kappa shape index (κ2) is 5.71. The Balaban J connectivity index is 3.13. The van der Waals surface area contributed by atoms with E-state index in [1.54, 1.807) is 12.1 Å². The van der Waals surface area contributed by atoms with Gasteiger partial charge in [0.15, 0.2) is 0 Å². The zero-order chi connectivity index (χ0) is 12.9. The van der Waals surface area contributed by atoms with Gasteiger partial charge in [-0.1, -0.05) is 19.3 Å². The van der Waals surface area contributed by atoms with Crippen LogP contribution in [0.25, 0.3) is 0 Å². The van der Waals surface area contributed by atoms with Crippen LogP contribution < -0.4 is 9.88 Å². The van der Waals surface area contributed by atoms with Crippen molar-refractivity contribution < 1.29 is 13.2 Å². The van der Waals surface area contributed by atoms with Crippen LogP contribution in [0.15, 0.2) is 23.1 Å². The molecular weight excluding hydrogens is 238 g/mol. The first-order valence-electron chi connectivity index (χ1n) is 5.21. The number of hydrogen-bond donors (Lipinski definition) is 1. The van der Waals surface area contributed by atoms with Gasteiger partial charge in [0.2, 0.25) is 10.0 Å². The molecule has 0 aliphatic carbocycles. The standard InChI is InChI=1S/C12H15NO3S/c1-3-5-10-9-11(16-8-4-2)6-7-12(10)17(13,14)15/h2,6-7,9H,3,5,8H2,1H3,(H2,13,14,15). The average Bonchev–Trinajstić information content (AvgIpc) is 2.25. The predicted molar refractivity (Wildman–Crippen MR) is 66.1 cm³/mol. The van der Waals surface area contributed by atoms with E-state index in [1.807, 2.05) is 6.92 Å². The van der Waals surface area contributed by atoms with Crippen molar-refractivity contribution in [2.45, 2.75) is 24.7 Å². The summed E-state index contributed by atoms with van der Waals surface area (Å²) in [5.41, 5.74) is 0.657. The monoisotopic (exact) mass is 253 g/mol. The molecule has 0 fully saturated rings. The smallest absolute Gasteiger partial charge is 0.238 e. The number of ether oxygens (including phenoxy) is 1. The summed E-state index contributed by atoms with van der Waals surface area (Å²) in [5, 5.41) is 5.14. The van der Waals surface area contributed by atoms with Gasteiger partial charge >= 0.3 is 0 Å². The number of rotatable bonds is 5. The first-order valence-corrected chi connectivity index (χ1v) is 6.75. The van der Waals surface area contributed by atoms with Gasteiger partial charge in [-0.25, -0.2) is 13.6 Å². The summed E-state index contributed by atoms with van der Waals surface area (Å²) in [6.45, 7) is 2.11. The molecule has 0 heterocycles. The van der Waals surface area contributed by atoms with Crippen LogP contribution >= 0.6 is 0 Å². The third kappa shape index (κ3) is 3.77. The molecule has 0 unspecified atom stereocenters. The van der Waals surface area contributed by atoms with Crippen molar-refractivity contribution in [2.75, 3.05) is 6.61 Å². The molecule has 0 aliphatic heterocycles. The normalized spacial score (nSPS) is 10.9. The molecule has 1 rings (SSSR count). The molecule has 0 atom stereocenters. The Bertz CT molecular complexity index is 529. The summed E-state index contributed by atoms with van der Waals surface area (Å²) in [5.74, 6) is 2.90.